The van der Waals surface area contributed by atoms with E-state index >= 15 is 0 Å². The highest BCUT2D eigenvalue weighted by atomic mass is 35.5. The number of furan rings is 1. The molecule has 0 atom stereocenters. The van der Waals surface area contributed by atoms with Crippen LogP contribution in [0.4, 0.5) is 0 Å². The van der Waals surface area contributed by atoms with Gasteiger partial charge in [-0.2, -0.15) is 0 Å². The number of nitrogens with zero attached hydrogens (tertiary/aromatic N) is 2. The Morgan fingerprint density at radius 3 is 2.65 bits per heavy atom. The molecule has 1 N–H and O–H groups in total. The first-order valence-corrected chi connectivity index (χ1v) is 11.4. The van der Waals surface area contributed by atoms with Crippen LogP contribution in [-0.2, 0) is 11.3 Å². The topological polar surface area (TPSA) is 65.8 Å². The lowest BCUT2D eigenvalue weighted by atomic mass is 10.2. The van der Waals surface area contributed by atoms with E-state index in [1.807, 2.05) is 23.1 Å². The fourth-order valence-corrected chi connectivity index (χ4v) is 4.81. The third-order valence-corrected chi connectivity index (χ3v) is 6.60. The molecular formula is C23H24ClN3O3S. The van der Waals surface area contributed by atoms with Crippen LogP contribution in [-0.4, -0.2) is 54.3 Å². The van der Waals surface area contributed by atoms with Crippen molar-refractivity contribution < 1.29 is 14.0 Å². The maximum absolute atomic E-state index is 12.4. The minimum atomic E-state index is -0.296. The Labute approximate surface area is 190 Å². The van der Waals surface area contributed by atoms with Crippen molar-refractivity contribution in [2.75, 3.05) is 32.7 Å². The van der Waals surface area contributed by atoms with E-state index in [0.717, 1.165) is 30.2 Å². The van der Waals surface area contributed by atoms with E-state index in [1.165, 1.54) is 16.0 Å². The van der Waals surface area contributed by atoms with Gasteiger partial charge in [-0.15, -0.1) is 11.3 Å². The van der Waals surface area contributed by atoms with Crippen molar-refractivity contribution in [3.63, 3.8) is 0 Å². The van der Waals surface area contributed by atoms with Gasteiger partial charge >= 0.3 is 0 Å². The van der Waals surface area contributed by atoms with E-state index in [4.69, 9.17) is 16.0 Å². The van der Waals surface area contributed by atoms with Crippen molar-refractivity contribution in [3.8, 4) is 10.4 Å². The molecule has 1 aliphatic heterocycles. The normalized spacial score (nSPS) is 14.5. The highest BCUT2D eigenvalue weighted by Crippen LogP contribution is 2.30. The van der Waals surface area contributed by atoms with Gasteiger partial charge < -0.3 is 14.6 Å². The molecule has 2 amide bonds. The second-order valence-corrected chi connectivity index (χ2v) is 9.02. The first-order valence-electron chi connectivity index (χ1n) is 10.2. The molecule has 0 aliphatic carbocycles. The summed E-state index contributed by atoms with van der Waals surface area (Å²) < 4.78 is 5.04. The maximum Gasteiger partial charge on any atom is 0.286 e. The smallest absolute Gasteiger partial charge is 0.286 e. The molecule has 0 bridgehead atoms. The van der Waals surface area contributed by atoms with Gasteiger partial charge in [0.15, 0.2) is 5.76 Å². The zero-order valence-electron chi connectivity index (χ0n) is 17.1. The van der Waals surface area contributed by atoms with Crippen LogP contribution in [0.15, 0.2) is 59.2 Å². The molecule has 2 aromatic heterocycles. The minimum Gasteiger partial charge on any atom is -0.459 e. The summed E-state index contributed by atoms with van der Waals surface area (Å²) in [4.78, 5) is 31.0. The van der Waals surface area contributed by atoms with Crippen LogP contribution in [0.5, 0.6) is 0 Å². The molecule has 3 aromatic rings. The summed E-state index contributed by atoms with van der Waals surface area (Å²) >= 11 is 7.89. The summed E-state index contributed by atoms with van der Waals surface area (Å²) in [7, 11) is 0. The van der Waals surface area contributed by atoms with Gasteiger partial charge in [-0.1, -0.05) is 23.7 Å². The van der Waals surface area contributed by atoms with E-state index < -0.39 is 0 Å². The minimum absolute atomic E-state index is 0.0683. The van der Waals surface area contributed by atoms with Crippen molar-refractivity contribution >= 4 is 34.8 Å². The molecule has 4 rings (SSSR count). The van der Waals surface area contributed by atoms with E-state index in [0.29, 0.717) is 26.1 Å². The molecule has 6 nitrogen and oxygen atoms in total. The largest absolute Gasteiger partial charge is 0.459 e. The average molecular weight is 458 g/mol. The molecule has 0 unspecified atom stereocenters. The second-order valence-electron chi connectivity index (χ2n) is 7.42. The number of amides is 2. The van der Waals surface area contributed by atoms with Gasteiger partial charge in [-0.3, -0.25) is 14.5 Å². The van der Waals surface area contributed by atoms with Gasteiger partial charge in [0.25, 0.3) is 5.91 Å². The Hall–Kier alpha value is -2.61. The number of halogens is 1. The molecular weight excluding hydrogens is 434 g/mol. The summed E-state index contributed by atoms with van der Waals surface area (Å²) in [5.41, 5.74) is 1.14. The number of carbonyl (C=O) groups is 2. The molecule has 0 saturated carbocycles. The monoisotopic (exact) mass is 457 g/mol. The molecule has 1 aromatic carbocycles. The average Bonchev–Trinajstić information content (AvgIpc) is 3.47. The summed E-state index contributed by atoms with van der Waals surface area (Å²) in [5, 5.41) is 3.46. The first kappa shape index (κ1) is 21.6. The van der Waals surface area contributed by atoms with Crippen LogP contribution in [0.1, 0.15) is 21.9 Å². The predicted molar refractivity (Wildman–Crippen MR) is 122 cm³/mol. The zero-order valence-corrected chi connectivity index (χ0v) is 18.6. The lowest BCUT2D eigenvalue weighted by Crippen LogP contribution is -2.48. The van der Waals surface area contributed by atoms with Crippen molar-refractivity contribution in [1.82, 2.24) is 15.1 Å². The predicted octanol–water partition coefficient (Wildman–Crippen LogP) is 4.13. The van der Waals surface area contributed by atoms with E-state index in [1.54, 1.807) is 23.5 Å². The molecule has 8 heteroatoms. The maximum atomic E-state index is 12.4. The van der Waals surface area contributed by atoms with Crippen LogP contribution < -0.4 is 5.32 Å². The quantitative estimate of drug-likeness (QED) is 0.579. The van der Waals surface area contributed by atoms with Gasteiger partial charge in [0.05, 0.1) is 6.26 Å². The number of piperazine rings is 1. The number of carbonyl (C=O) groups excluding carboxylic acids is 2. The Kier molecular flexibility index (Phi) is 7.06. The number of hydrogen-bond donors (Lipinski definition) is 1. The lowest BCUT2D eigenvalue weighted by molar-refractivity contribution is -0.132. The SMILES string of the molecule is O=C(NCCC(=O)N1CCN(Cc2ccc(-c3cccc(Cl)c3)s2)CC1)c1ccco1. The number of nitrogens with one attached hydrogen (secondary N) is 1. The van der Waals surface area contributed by atoms with Crippen molar-refractivity contribution in [2.24, 2.45) is 0 Å². The Balaban J connectivity index is 1.20. The van der Waals surface area contributed by atoms with E-state index in [-0.39, 0.29) is 17.6 Å². The molecule has 1 aliphatic rings. The van der Waals surface area contributed by atoms with Crippen molar-refractivity contribution in [2.45, 2.75) is 13.0 Å². The Morgan fingerprint density at radius 1 is 1.06 bits per heavy atom. The molecule has 0 spiro atoms. The van der Waals surface area contributed by atoms with Crippen LogP contribution in [0.25, 0.3) is 10.4 Å². The third kappa shape index (κ3) is 5.76. The number of benzene rings is 1. The molecule has 31 heavy (non-hydrogen) atoms. The summed E-state index contributed by atoms with van der Waals surface area (Å²) in [5.74, 6) is 0.0302. The van der Waals surface area contributed by atoms with E-state index in [2.05, 4.69) is 28.4 Å². The fourth-order valence-electron chi connectivity index (χ4n) is 3.57. The van der Waals surface area contributed by atoms with Gasteiger partial charge in [0.1, 0.15) is 0 Å². The molecule has 3 heterocycles. The number of rotatable bonds is 7. The molecule has 0 radical (unpaired) electrons. The van der Waals surface area contributed by atoms with Crippen LogP contribution in [0.2, 0.25) is 5.02 Å². The first-order chi connectivity index (χ1) is 15.1. The highest BCUT2D eigenvalue weighted by Gasteiger charge is 2.21. The van der Waals surface area contributed by atoms with Crippen molar-refractivity contribution in [1.29, 1.82) is 0 Å². The Bertz CT molecular complexity index is 1030. The van der Waals surface area contributed by atoms with Crippen molar-refractivity contribution in [3.05, 3.63) is 70.5 Å². The summed E-state index contributed by atoms with van der Waals surface area (Å²) in [6.07, 6.45) is 1.74. The highest BCUT2D eigenvalue weighted by molar-refractivity contribution is 7.15. The van der Waals surface area contributed by atoms with Gasteiger partial charge in [-0.05, 0) is 42.0 Å². The van der Waals surface area contributed by atoms with Crippen LogP contribution in [0, 0.1) is 0 Å². The zero-order chi connectivity index (χ0) is 21.6. The lowest BCUT2D eigenvalue weighted by Gasteiger charge is -2.34. The van der Waals surface area contributed by atoms with Gasteiger partial charge in [-0.25, -0.2) is 0 Å². The molecule has 1 fully saturated rings. The van der Waals surface area contributed by atoms with Gasteiger partial charge in [0, 0.05) is 60.5 Å². The number of hydrogen-bond acceptors (Lipinski definition) is 5. The van der Waals surface area contributed by atoms with E-state index in [9.17, 15) is 9.59 Å². The fraction of sp³-hybridized carbons (Fsp3) is 0.304. The molecule has 1 saturated heterocycles. The summed E-state index contributed by atoms with van der Waals surface area (Å²) in [6, 6.07) is 15.5. The van der Waals surface area contributed by atoms with Crippen LogP contribution >= 0.6 is 22.9 Å². The Morgan fingerprint density at radius 2 is 1.90 bits per heavy atom. The van der Waals surface area contributed by atoms with Gasteiger partial charge in [0.2, 0.25) is 5.91 Å². The number of thiophene rings is 1. The van der Waals surface area contributed by atoms with Crippen LogP contribution in [0.3, 0.4) is 0 Å². The second kappa shape index (κ2) is 10.1. The molecule has 162 valence electrons. The third-order valence-electron chi connectivity index (χ3n) is 5.24. The summed E-state index contributed by atoms with van der Waals surface area (Å²) in [6.45, 7) is 4.28. The standard InChI is InChI=1S/C23H24ClN3O3S/c24-18-4-1-3-17(15-18)21-7-6-19(31-21)16-26-10-12-27(13-11-26)22(28)8-9-25-23(29)20-5-2-14-30-20/h1-7,14-15H,8-13,16H2,(H,25,29).